The number of esters is 1. The molecule has 7 rings (SSSR count). The monoisotopic (exact) mass is 919 g/mol. The fourth-order valence-electron chi connectivity index (χ4n) is 7.15. The maximum atomic E-state index is 12.5. The van der Waals surface area contributed by atoms with Crippen LogP contribution in [-0.2, 0) is 28.5 Å². The molecular formula is C42H47O23+. The van der Waals surface area contributed by atoms with Crippen molar-refractivity contribution in [3.63, 3.8) is 0 Å². The highest BCUT2D eigenvalue weighted by Crippen LogP contribution is 2.45. The standard InChI is InChI=1S/C42H46O23/c1-15-29(48)33(52)36(55)40(60-15)59-14-27-32(51)35(54)38(57)42(65-27)63-25-12-20-23(61-39(25)17-8-21(45)30(49)22(46)9-17)10-19(44)11-24(20)62-41-37(56)34(53)31(50)26(64-41)13-58-28(47)7-4-16-2-5-18(43)6-3-16/h2-12,15,26-27,29,31-38,40-42,48,50-57H,13-14H2,1H3,(H4-,43,44,45,46,47,49)/p+1/t15-,26+,27+,29-,31+,32+,33+,34-,35-,36+,37+,38+,40+,41+,42+/m0/s1. The van der Waals surface area contributed by atoms with Crippen molar-refractivity contribution in [1.82, 2.24) is 0 Å². The van der Waals surface area contributed by atoms with Gasteiger partial charge in [0.2, 0.25) is 18.3 Å². The Bertz CT molecular complexity index is 2320. The van der Waals surface area contributed by atoms with E-state index in [2.05, 4.69) is 0 Å². The summed E-state index contributed by atoms with van der Waals surface area (Å²) >= 11 is 0. The van der Waals surface area contributed by atoms with Gasteiger partial charge in [0.1, 0.15) is 96.4 Å². The van der Waals surface area contributed by atoms with Crippen molar-refractivity contribution >= 4 is 23.0 Å². The molecule has 3 aliphatic rings. The number of hydrogen-bond acceptors (Lipinski definition) is 22. The zero-order valence-corrected chi connectivity index (χ0v) is 33.9. The van der Waals surface area contributed by atoms with Crippen molar-refractivity contribution in [2.24, 2.45) is 0 Å². The summed E-state index contributed by atoms with van der Waals surface area (Å²) in [5.41, 5.74) is 0.124. The minimum absolute atomic E-state index is 0.0108. The van der Waals surface area contributed by atoms with Crippen molar-refractivity contribution in [3.8, 4) is 51.6 Å². The molecule has 352 valence electrons. The zero-order valence-electron chi connectivity index (χ0n) is 33.9. The van der Waals surface area contributed by atoms with Gasteiger partial charge in [-0.25, -0.2) is 9.21 Å². The number of fused-ring (bicyclic) bond motifs is 1. The molecule has 3 saturated heterocycles. The summed E-state index contributed by atoms with van der Waals surface area (Å²) in [6.45, 7) is 0.0944. The van der Waals surface area contributed by atoms with Crippen LogP contribution in [0.3, 0.4) is 0 Å². The van der Waals surface area contributed by atoms with E-state index in [-0.39, 0.29) is 28.0 Å². The van der Waals surface area contributed by atoms with Gasteiger partial charge in [-0.3, -0.25) is 0 Å². The van der Waals surface area contributed by atoms with Crippen molar-refractivity contribution in [1.29, 1.82) is 0 Å². The summed E-state index contributed by atoms with van der Waals surface area (Å²) in [4.78, 5) is 12.5. The Kier molecular flexibility index (Phi) is 14.2. The van der Waals surface area contributed by atoms with E-state index in [0.717, 1.165) is 36.4 Å². The second kappa shape index (κ2) is 19.4. The van der Waals surface area contributed by atoms with Crippen LogP contribution < -0.4 is 9.47 Å². The first-order chi connectivity index (χ1) is 30.8. The van der Waals surface area contributed by atoms with E-state index < -0.39 is 146 Å². The molecule has 23 heteroatoms. The van der Waals surface area contributed by atoms with Crippen LogP contribution in [0.15, 0.2) is 65.1 Å². The van der Waals surface area contributed by atoms with Gasteiger partial charge in [0.15, 0.2) is 23.5 Å². The molecule has 0 unspecified atom stereocenters. The van der Waals surface area contributed by atoms with E-state index in [9.17, 15) is 76.3 Å². The number of benzene rings is 3. The van der Waals surface area contributed by atoms with Crippen molar-refractivity contribution < 1.29 is 114 Å². The molecule has 0 saturated carbocycles. The Balaban J connectivity index is 1.17. The lowest BCUT2D eigenvalue weighted by atomic mass is 9.98. The topological polar surface area (TPSA) is 376 Å². The molecule has 3 fully saturated rings. The second-order valence-electron chi connectivity index (χ2n) is 15.5. The summed E-state index contributed by atoms with van der Waals surface area (Å²) in [6.07, 6.45) is -23.3. The van der Waals surface area contributed by atoms with Gasteiger partial charge in [0.25, 0.3) is 0 Å². The third-order valence-electron chi connectivity index (χ3n) is 10.9. The Labute approximate surface area is 366 Å². The first-order valence-corrected chi connectivity index (χ1v) is 19.9. The Morgan fingerprint density at radius 3 is 1.78 bits per heavy atom. The first-order valence-electron chi connectivity index (χ1n) is 19.9. The highest BCUT2D eigenvalue weighted by molar-refractivity contribution is 5.89. The van der Waals surface area contributed by atoms with Gasteiger partial charge in [-0.1, -0.05) is 12.1 Å². The van der Waals surface area contributed by atoms with Crippen LogP contribution in [0.5, 0.6) is 40.2 Å². The highest BCUT2D eigenvalue weighted by Gasteiger charge is 2.49. The average Bonchev–Trinajstić information content (AvgIpc) is 3.27. The number of aliphatic hydroxyl groups is 9. The average molecular weight is 920 g/mol. The molecule has 0 spiro atoms. The number of phenolic OH excluding ortho intramolecular Hbond substituents is 5. The number of carbonyl (C=O) groups is 1. The first kappa shape index (κ1) is 47.3. The Hall–Kier alpha value is -5.64. The summed E-state index contributed by atoms with van der Waals surface area (Å²) in [5.74, 6) is -5.13. The maximum Gasteiger partial charge on any atom is 0.402 e. The number of aliphatic hydroxyl groups excluding tert-OH is 9. The second-order valence-corrected chi connectivity index (χ2v) is 15.5. The summed E-state index contributed by atoms with van der Waals surface area (Å²) in [5, 5.41) is 147. The number of hydrogen-bond donors (Lipinski definition) is 14. The number of ether oxygens (including phenoxy) is 7. The largest absolute Gasteiger partial charge is 0.508 e. The van der Waals surface area contributed by atoms with E-state index in [0.29, 0.717) is 5.56 Å². The number of phenols is 5. The molecule has 0 bridgehead atoms. The van der Waals surface area contributed by atoms with Gasteiger partial charge < -0.3 is 105 Å². The van der Waals surface area contributed by atoms with Crippen LogP contribution in [0.1, 0.15) is 12.5 Å². The quantitative estimate of drug-likeness (QED) is 0.0329. The van der Waals surface area contributed by atoms with Crippen molar-refractivity contribution in [2.45, 2.75) is 99.0 Å². The highest BCUT2D eigenvalue weighted by atomic mass is 16.7. The summed E-state index contributed by atoms with van der Waals surface area (Å²) < 4.78 is 45.7. The van der Waals surface area contributed by atoms with Crippen LogP contribution in [0, 0.1) is 0 Å². The van der Waals surface area contributed by atoms with Crippen LogP contribution in [-0.4, -0.2) is 183 Å². The van der Waals surface area contributed by atoms with Crippen LogP contribution in [0.2, 0.25) is 0 Å². The lowest BCUT2D eigenvalue weighted by Crippen LogP contribution is -2.61. The van der Waals surface area contributed by atoms with Gasteiger partial charge in [-0.15, -0.1) is 0 Å². The van der Waals surface area contributed by atoms with E-state index in [4.69, 9.17) is 37.6 Å². The normalized spacial score (nSPS) is 32.9. The smallest absolute Gasteiger partial charge is 0.402 e. The lowest BCUT2D eigenvalue weighted by Gasteiger charge is -2.42. The predicted molar refractivity (Wildman–Crippen MR) is 214 cm³/mol. The van der Waals surface area contributed by atoms with E-state index in [1.807, 2.05) is 0 Å². The third-order valence-corrected chi connectivity index (χ3v) is 10.9. The van der Waals surface area contributed by atoms with Gasteiger partial charge in [-0.2, -0.15) is 0 Å². The number of rotatable bonds is 12. The molecule has 65 heavy (non-hydrogen) atoms. The molecular weight excluding hydrogens is 872 g/mol. The van der Waals surface area contributed by atoms with E-state index in [1.54, 1.807) is 0 Å². The minimum atomic E-state index is -2.02. The van der Waals surface area contributed by atoms with Crippen LogP contribution >= 0.6 is 0 Å². The van der Waals surface area contributed by atoms with Crippen molar-refractivity contribution in [2.75, 3.05) is 13.2 Å². The third kappa shape index (κ3) is 10.1. The molecule has 4 heterocycles. The number of carbonyl (C=O) groups excluding carboxylic acids is 1. The fourth-order valence-corrected chi connectivity index (χ4v) is 7.15. The fraction of sp³-hybridized carbons (Fsp3) is 0.429. The number of aromatic hydroxyl groups is 5. The lowest BCUT2D eigenvalue weighted by molar-refractivity contribution is -0.318. The maximum absolute atomic E-state index is 12.5. The van der Waals surface area contributed by atoms with Gasteiger partial charge >= 0.3 is 17.3 Å². The molecule has 1 aromatic heterocycles. The molecule has 15 atom stereocenters. The van der Waals surface area contributed by atoms with Crippen LogP contribution in [0.4, 0.5) is 0 Å². The molecule has 3 aliphatic heterocycles. The molecule has 23 nitrogen and oxygen atoms in total. The van der Waals surface area contributed by atoms with Crippen molar-refractivity contribution in [3.05, 3.63) is 66.2 Å². The molecule has 3 aromatic carbocycles. The zero-order chi connectivity index (χ0) is 47.0. The van der Waals surface area contributed by atoms with Crippen LogP contribution in [0.25, 0.3) is 28.4 Å². The Morgan fingerprint density at radius 2 is 1.17 bits per heavy atom. The molecule has 14 N–H and O–H groups in total. The predicted octanol–water partition coefficient (Wildman–Crippen LogP) is -1.62. The SMILES string of the molecule is C[C@@H]1O[C@@H](OC[C@H]2O[C@@H](Oc3cc4c(O[C@@H]5O[C@H](COC(=O)C=Cc6ccc(O)cc6)[C@@H](O)[C@H](O)[C@H]5O)cc(O)cc4[o+]c3-c3cc(O)c(O)c(O)c3)[C@H](O)[C@@H](O)[C@@H]2O)[C@H](O)[C@H](O)[C@H]1O. The molecule has 0 amide bonds. The minimum Gasteiger partial charge on any atom is -0.508 e. The molecule has 0 aliphatic carbocycles. The molecule has 4 aromatic rings. The summed E-state index contributed by atoms with van der Waals surface area (Å²) in [6, 6.07) is 11.0. The van der Waals surface area contributed by atoms with E-state index in [1.165, 1.54) is 37.3 Å². The molecule has 0 radical (unpaired) electrons. The van der Waals surface area contributed by atoms with E-state index >= 15 is 0 Å². The Morgan fingerprint density at radius 1 is 0.615 bits per heavy atom. The summed E-state index contributed by atoms with van der Waals surface area (Å²) in [7, 11) is 0. The van der Waals surface area contributed by atoms with Gasteiger partial charge in [-0.05, 0) is 30.7 Å². The van der Waals surface area contributed by atoms with Gasteiger partial charge in [0, 0.05) is 30.3 Å². The van der Waals surface area contributed by atoms with Gasteiger partial charge in [0.05, 0.1) is 24.3 Å².